The van der Waals surface area contributed by atoms with Crippen molar-refractivity contribution in [2.24, 2.45) is 22.9 Å². The maximum atomic E-state index is 12.8. The van der Waals surface area contributed by atoms with E-state index in [0.717, 1.165) is 83.9 Å². The molecule has 8 aromatic carbocycles. The monoisotopic (exact) mass is 1680 g/mol. The molecule has 0 aliphatic heterocycles. The molecule has 0 bridgehead atoms. The predicted molar refractivity (Wildman–Crippen MR) is 469 cm³/mol. The van der Waals surface area contributed by atoms with Crippen LogP contribution >= 0.6 is 0 Å². The van der Waals surface area contributed by atoms with E-state index in [-0.39, 0.29) is 43.4 Å². The van der Waals surface area contributed by atoms with Gasteiger partial charge in [0.15, 0.2) is 33.1 Å². The Labute approximate surface area is 692 Å². The fourth-order valence-electron chi connectivity index (χ4n) is 12.7. The molecule has 2 aliphatic carbocycles. The second-order valence-corrected chi connectivity index (χ2v) is 38.4. The number of benzene rings is 8. The molecule has 2 unspecified atom stereocenters. The van der Waals surface area contributed by atoms with Gasteiger partial charge in [-0.2, -0.15) is 0 Å². The molecule has 32 heteroatoms. The van der Waals surface area contributed by atoms with E-state index in [4.69, 9.17) is 22.9 Å². The van der Waals surface area contributed by atoms with Gasteiger partial charge in [0.1, 0.15) is 25.3 Å². The second kappa shape index (κ2) is 36.3. The summed E-state index contributed by atoms with van der Waals surface area (Å²) in [5, 5.41) is 17.4. The summed E-state index contributed by atoms with van der Waals surface area (Å²) in [7, 11) is -8.83. The maximum absolute atomic E-state index is 12.8. The number of carbonyl (C=O) groups is 4. The quantitative estimate of drug-likeness (QED) is 0.0277. The first-order valence-corrected chi connectivity index (χ1v) is 44.1. The number of nitrogens with one attached hydrogen (secondary N) is 1. The lowest BCUT2D eigenvalue weighted by Gasteiger charge is -2.12. The minimum absolute atomic E-state index is 0.123. The second-order valence-electron chi connectivity index (χ2n) is 29.5. The lowest BCUT2D eigenvalue weighted by molar-refractivity contribution is -0.113. The van der Waals surface area contributed by atoms with Gasteiger partial charge < -0.3 is 22.9 Å². The Morgan fingerprint density at radius 1 is 0.378 bits per heavy atom. The first kappa shape index (κ1) is 86.9. The SMILES string of the molecule is C=S(=O)(NC1CC1)c1ccc(/C(=C\n2cnc(-c3cc(C)cc(C)c3)n2)C(N)=O)cc1.C=S(C)(=O)c1ccc(/C(=C\n2cnc(-c3cc(C)cc(C)c3)n2)C(N)=O)cc1.Cc1cc(C)cc(-c2ncn(/C=C(/C(N)=O)c3ccc(S(=O)(=O)C4CC4)cc3)n2)c1.Cc1cc(C)cc(-c2ncn(/C=C(/C(N)=O)c3ccc(S(=O)(=O)N(C)C)cc3)n2)c1. The normalized spacial score (nSPS) is 14.3. The summed E-state index contributed by atoms with van der Waals surface area (Å²) in [5.74, 6) is 7.17. The zero-order valence-electron chi connectivity index (χ0n) is 67.5. The van der Waals surface area contributed by atoms with Crippen LogP contribution in [0.15, 0.2) is 215 Å². The number of aromatic nitrogens is 12. The van der Waals surface area contributed by atoms with E-state index in [9.17, 15) is 44.4 Å². The number of hydrogen-bond acceptors (Lipinski definition) is 18. The predicted octanol–water partition coefficient (Wildman–Crippen LogP) is 10.8. The molecule has 12 aromatic rings. The summed E-state index contributed by atoms with van der Waals surface area (Å²) in [6.07, 6.45) is 17.1. The molecule has 119 heavy (non-hydrogen) atoms. The summed E-state index contributed by atoms with van der Waals surface area (Å²) in [6.45, 7) is 16.1. The topological polar surface area (TPSA) is 413 Å². The highest BCUT2D eigenvalue weighted by molar-refractivity contribution is 7.99. The van der Waals surface area contributed by atoms with Gasteiger partial charge in [0.2, 0.25) is 10.0 Å². The van der Waals surface area contributed by atoms with Crippen molar-refractivity contribution in [3.05, 3.63) is 262 Å². The standard InChI is InChI=1S/C23H25N5O2S.C22H22N4O3S.C21H23N5O3S.C21H22N4O2S/c1-15-10-16(2)12-18(11-15)23-25-14-28(26-23)13-21(22(24)29)17-4-8-20(9-5-17)31(3,30)27-19-6-7-19;1-14-9-15(2)11-17(10-14)22-24-13-26(25-22)12-20(21(23)27)16-3-5-18(6-4-16)30(28,29)19-7-8-19;1-14-9-15(2)11-17(10-14)21-23-13-26(24-21)12-19(20(22)27)16-5-7-18(8-6-16)30(28,29)25(3)4;1-14-9-15(2)11-17(10-14)21-23-13-25(24-21)12-19(20(22)26)16-5-7-18(8-6-16)28(3,4)27/h4-5,8-14,19H,3,6-7H2,1-2H3,(H2,24,29)(H,27,30);3-6,9-13,19H,7-8H2,1-2H3,(H2,23,27);5-13H,1-4H3,(H2,22,27);5-13H,3H2,1-2,4H3,(H2,22,26)/b21-13+;20-12+;2*19-12+. The molecule has 14 rings (SSSR count). The minimum Gasteiger partial charge on any atom is -0.366 e. The van der Waals surface area contributed by atoms with E-state index in [1.807, 2.05) is 104 Å². The van der Waals surface area contributed by atoms with E-state index in [1.54, 1.807) is 73.1 Å². The molecule has 0 spiro atoms. The largest absolute Gasteiger partial charge is 0.366 e. The van der Waals surface area contributed by atoms with Crippen molar-refractivity contribution in [1.82, 2.24) is 68.1 Å². The maximum Gasteiger partial charge on any atom is 0.250 e. The first-order valence-electron chi connectivity index (χ1n) is 37.3. The molecule has 4 heterocycles. The summed E-state index contributed by atoms with van der Waals surface area (Å²) >= 11 is 0. The van der Waals surface area contributed by atoms with Crippen LogP contribution < -0.4 is 27.7 Å². The van der Waals surface area contributed by atoms with Crippen LogP contribution in [-0.2, 0) is 58.3 Å². The Hall–Kier alpha value is -13.0. The molecular formula is C87H92N18O10S4. The number of aryl methyl sites for hydroxylation is 8. The van der Waals surface area contributed by atoms with E-state index < -0.39 is 62.7 Å². The van der Waals surface area contributed by atoms with Crippen molar-refractivity contribution >= 4 is 122 Å². The molecule has 0 saturated heterocycles. The van der Waals surface area contributed by atoms with E-state index in [0.29, 0.717) is 68.2 Å². The first-order chi connectivity index (χ1) is 56.1. The van der Waals surface area contributed by atoms with Crippen LogP contribution in [0.1, 0.15) is 92.4 Å². The molecule has 4 aromatic heterocycles. The Morgan fingerprint density at radius 3 is 0.849 bits per heavy atom. The van der Waals surface area contributed by atoms with Gasteiger partial charge in [0, 0.05) is 83.2 Å². The number of nitrogens with two attached hydrogens (primary N) is 4. The molecule has 2 aliphatic rings. The lowest BCUT2D eigenvalue weighted by Crippen LogP contribution is -2.25. The zero-order chi connectivity index (χ0) is 86.2. The highest BCUT2D eigenvalue weighted by atomic mass is 32.2. The fraction of sp³-hybridized carbons (Fsp3) is 0.195. The molecule has 2 saturated carbocycles. The molecule has 0 radical (unpaired) electrons. The van der Waals surface area contributed by atoms with Gasteiger partial charge >= 0.3 is 0 Å². The van der Waals surface area contributed by atoms with Crippen molar-refractivity contribution < 1.29 is 44.4 Å². The van der Waals surface area contributed by atoms with Crippen molar-refractivity contribution in [2.45, 2.75) is 112 Å². The molecule has 9 N–H and O–H groups in total. The van der Waals surface area contributed by atoms with E-state index >= 15 is 0 Å². The van der Waals surface area contributed by atoms with Crippen LogP contribution in [0.3, 0.4) is 0 Å². The fourth-order valence-corrected chi connectivity index (χ4v) is 17.4. The average molecular weight is 1680 g/mol. The van der Waals surface area contributed by atoms with Crippen molar-refractivity contribution in [3.8, 4) is 45.6 Å². The summed E-state index contributed by atoms with van der Waals surface area (Å²) in [5.41, 5.74) is 37.9. The third-order valence-electron chi connectivity index (χ3n) is 18.6. The molecular weight excluding hydrogens is 1590 g/mol. The van der Waals surface area contributed by atoms with Crippen LogP contribution in [0.5, 0.6) is 0 Å². The number of sulfone groups is 1. The van der Waals surface area contributed by atoms with Gasteiger partial charge in [-0.25, -0.2) is 68.7 Å². The Bertz CT molecular complexity index is 6220. The van der Waals surface area contributed by atoms with Crippen molar-refractivity contribution in [3.63, 3.8) is 0 Å². The number of nitrogens with zero attached hydrogens (tertiary/aromatic N) is 13. The summed E-state index contributed by atoms with van der Waals surface area (Å²) in [4.78, 5) is 67.1. The molecule has 4 amide bonds. The van der Waals surface area contributed by atoms with Crippen LogP contribution in [0.4, 0.5) is 0 Å². The van der Waals surface area contributed by atoms with Crippen LogP contribution in [-0.4, -0.2) is 156 Å². The minimum atomic E-state index is -3.56. The van der Waals surface area contributed by atoms with Gasteiger partial charge in [-0.05, 0) is 222 Å². The van der Waals surface area contributed by atoms with E-state index in [1.165, 1.54) is 113 Å². The van der Waals surface area contributed by atoms with Gasteiger partial charge in [-0.3, -0.25) is 23.4 Å². The van der Waals surface area contributed by atoms with Crippen LogP contribution in [0, 0.1) is 55.4 Å². The smallest absolute Gasteiger partial charge is 0.250 e. The zero-order valence-corrected chi connectivity index (χ0v) is 70.8. The van der Waals surface area contributed by atoms with Crippen molar-refractivity contribution in [1.29, 1.82) is 0 Å². The van der Waals surface area contributed by atoms with Gasteiger partial charge in [-0.15, -0.1) is 20.4 Å². The Kier molecular flexibility index (Phi) is 26.5. The Morgan fingerprint density at radius 2 is 0.622 bits per heavy atom. The molecule has 614 valence electrons. The van der Waals surface area contributed by atoms with Crippen LogP contribution in [0.2, 0.25) is 0 Å². The van der Waals surface area contributed by atoms with Gasteiger partial charge in [-0.1, -0.05) is 117 Å². The molecule has 28 nitrogen and oxygen atoms in total. The summed E-state index contributed by atoms with van der Waals surface area (Å²) < 4.78 is 84.0. The third kappa shape index (κ3) is 22.6. The summed E-state index contributed by atoms with van der Waals surface area (Å²) in [6, 6.07) is 50.3. The van der Waals surface area contributed by atoms with E-state index in [2.05, 4.69) is 81.1 Å². The number of amides is 4. The van der Waals surface area contributed by atoms with Crippen LogP contribution in [0.25, 0.3) is 92.6 Å². The highest BCUT2D eigenvalue weighted by Crippen LogP contribution is 2.35. The Balaban J connectivity index is 0.000000155. The highest BCUT2D eigenvalue weighted by Gasteiger charge is 2.37. The molecule has 2 fully saturated rings. The number of primary amides is 4. The van der Waals surface area contributed by atoms with Gasteiger partial charge in [0.25, 0.3) is 23.6 Å². The average Bonchev–Trinajstić information content (AvgIpc) is 1.70. The number of hydrogen-bond donors (Lipinski definition) is 5. The lowest BCUT2D eigenvalue weighted by atomic mass is 10.1. The molecule has 2 atom stereocenters. The van der Waals surface area contributed by atoms with Crippen molar-refractivity contribution in [2.75, 3.05) is 20.4 Å². The third-order valence-corrected chi connectivity index (χ3v) is 25.7. The number of rotatable bonds is 24. The number of sulfonamides is 1. The van der Waals surface area contributed by atoms with Gasteiger partial charge in [0.05, 0.1) is 47.0 Å². The number of carbonyl (C=O) groups excluding carboxylic acids is 4.